The number of amides is 2. The summed E-state index contributed by atoms with van der Waals surface area (Å²) in [5.41, 5.74) is 0.477. The number of piperazine rings is 1. The Kier molecular flexibility index (Phi) is 6.17. The lowest BCUT2D eigenvalue weighted by Crippen LogP contribution is -2.53. The van der Waals surface area contributed by atoms with Crippen LogP contribution in [0, 0.1) is 0 Å². The average Bonchev–Trinajstić information content (AvgIpc) is 2.61. The van der Waals surface area contributed by atoms with Gasteiger partial charge in [0.2, 0.25) is 5.91 Å². The van der Waals surface area contributed by atoms with Gasteiger partial charge in [-0.05, 0) is 18.2 Å². The van der Waals surface area contributed by atoms with E-state index in [1.165, 1.54) is 0 Å². The minimum Gasteiger partial charge on any atom is -0.379 e. The van der Waals surface area contributed by atoms with Gasteiger partial charge in [0.15, 0.2) is 0 Å². The highest BCUT2D eigenvalue weighted by molar-refractivity contribution is 6.35. The molecular formula is C17H21Cl2N3O3. The lowest BCUT2D eigenvalue weighted by atomic mass is 10.2. The Morgan fingerprint density at radius 3 is 2.04 bits per heavy atom. The zero-order chi connectivity index (χ0) is 17.8. The first kappa shape index (κ1) is 18.5. The summed E-state index contributed by atoms with van der Waals surface area (Å²) in [7, 11) is 0. The van der Waals surface area contributed by atoms with Gasteiger partial charge in [0.1, 0.15) is 0 Å². The average molecular weight is 386 g/mol. The second-order valence-corrected chi connectivity index (χ2v) is 7.09. The smallest absolute Gasteiger partial charge is 0.254 e. The number of ether oxygens (including phenoxy) is 1. The lowest BCUT2D eigenvalue weighted by Gasteiger charge is -2.36. The third kappa shape index (κ3) is 4.85. The van der Waals surface area contributed by atoms with Crippen molar-refractivity contribution in [3.63, 3.8) is 0 Å². The Morgan fingerprint density at radius 1 is 0.880 bits per heavy atom. The summed E-state index contributed by atoms with van der Waals surface area (Å²) in [6.07, 6.45) is 0. The molecule has 0 bridgehead atoms. The highest BCUT2D eigenvalue weighted by Crippen LogP contribution is 2.20. The molecule has 1 aromatic carbocycles. The number of morpholine rings is 1. The Morgan fingerprint density at radius 2 is 1.44 bits per heavy atom. The highest BCUT2D eigenvalue weighted by atomic mass is 35.5. The summed E-state index contributed by atoms with van der Waals surface area (Å²) in [6, 6.07) is 4.83. The number of hydrogen-bond donors (Lipinski definition) is 0. The number of halogens is 2. The molecule has 2 heterocycles. The van der Waals surface area contributed by atoms with Gasteiger partial charge in [0.05, 0.1) is 19.8 Å². The van der Waals surface area contributed by atoms with Gasteiger partial charge in [0, 0.05) is 54.9 Å². The van der Waals surface area contributed by atoms with Crippen LogP contribution in [0.5, 0.6) is 0 Å². The third-order valence-corrected chi connectivity index (χ3v) is 4.93. The molecule has 3 rings (SSSR count). The second-order valence-electron chi connectivity index (χ2n) is 6.22. The first-order chi connectivity index (χ1) is 12.0. The summed E-state index contributed by atoms with van der Waals surface area (Å²) in [4.78, 5) is 30.7. The summed E-state index contributed by atoms with van der Waals surface area (Å²) in [6.45, 7) is 5.47. The Labute approximate surface area is 157 Å². The SMILES string of the molecule is O=C(CN1CCOCC1)N1CCN(C(=O)c2cc(Cl)cc(Cl)c2)CC1. The Balaban J connectivity index is 1.52. The van der Waals surface area contributed by atoms with E-state index in [4.69, 9.17) is 27.9 Å². The van der Waals surface area contributed by atoms with Crippen LogP contribution < -0.4 is 0 Å². The van der Waals surface area contributed by atoms with Crippen LogP contribution in [0.25, 0.3) is 0 Å². The van der Waals surface area contributed by atoms with Gasteiger partial charge in [0.25, 0.3) is 5.91 Å². The molecule has 0 spiro atoms. The van der Waals surface area contributed by atoms with Crippen molar-refractivity contribution in [2.75, 3.05) is 59.0 Å². The lowest BCUT2D eigenvalue weighted by molar-refractivity contribution is -0.134. The number of hydrogen-bond acceptors (Lipinski definition) is 4. The van der Waals surface area contributed by atoms with Crippen molar-refractivity contribution in [2.45, 2.75) is 0 Å². The summed E-state index contributed by atoms with van der Waals surface area (Å²) >= 11 is 11.9. The maximum Gasteiger partial charge on any atom is 0.254 e. The normalized spacial score (nSPS) is 19.1. The van der Waals surface area contributed by atoms with Gasteiger partial charge in [-0.1, -0.05) is 23.2 Å². The van der Waals surface area contributed by atoms with E-state index >= 15 is 0 Å². The molecule has 0 radical (unpaired) electrons. The zero-order valence-electron chi connectivity index (χ0n) is 13.9. The van der Waals surface area contributed by atoms with Crippen LogP contribution in [0.3, 0.4) is 0 Å². The summed E-state index contributed by atoms with van der Waals surface area (Å²) < 4.78 is 5.30. The molecule has 25 heavy (non-hydrogen) atoms. The van der Waals surface area contributed by atoms with E-state index in [9.17, 15) is 9.59 Å². The molecule has 2 aliphatic heterocycles. The predicted octanol–water partition coefficient (Wildman–Crippen LogP) is 1.61. The molecule has 2 amide bonds. The maximum atomic E-state index is 12.6. The first-order valence-electron chi connectivity index (χ1n) is 8.36. The molecule has 0 atom stereocenters. The van der Waals surface area contributed by atoms with Crippen LogP contribution >= 0.6 is 23.2 Å². The molecule has 0 unspecified atom stereocenters. The van der Waals surface area contributed by atoms with Crippen LogP contribution in [-0.4, -0.2) is 85.5 Å². The van der Waals surface area contributed by atoms with E-state index in [2.05, 4.69) is 4.90 Å². The second kappa shape index (κ2) is 8.36. The van der Waals surface area contributed by atoms with E-state index in [0.29, 0.717) is 61.5 Å². The van der Waals surface area contributed by atoms with Gasteiger partial charge in [-0.25, -0.2) is 0 Å². The fourth-order valence-corrected chi connectivity index (χ4v) is 3.60. The molecule has 136 valence electrons. The molecule has 0 aromatic heterocycles. The van der Waals surface area contributed by atoms with E-state index < -0.39 is 0 Å². The summed E-state index contributed by atoms with van der Waals surface area (Å²) in [5, 5.41) is 0.880. The third-order valence-electron chi connectivity index (χ3n) is 4.49. The van der Waals surface area contributed by atoms with Crippen molar-refractivity contribution in [2.24, 2.45) is 0 Å². The van der Waals surface area contributed by atoms with Gasteiger partial charge in [-0.15, -0.1) is 0 Å². The Bertz CT molecular complexity index is 622. The minimum absolute atomic E-state index is 0.107. The standard InChI is InChI=1S/C17H21Cl2N3O3/c18-14-9-13(10-15(19)11-14)17(24)22-3-1-21(2-4-22)16(23)12-20-5-7-25-8-6-20/h9-11H,1-8,12H2. The summed E-state index contributed by atoms with van der Waals surface area (Å²) in [5.74, 6) is 0.00415. The van der Waals surface area contributed by atoms with Crippen molar-refractivity contribution in [1.82, 2.24) is 14.7 Å². The van der Waals surface area contributed by atoms with Gasteiger partial charge in [-0.2, -0.15) is 0 Å². The van der Waals surface area contributed by atoms with Gasteiger partial charge >= 0.3 is 0 Å². The van der Waals surface area contributed by atoms with E-state index in [1.807, 2.05) is 4.90 Å². The molecule has 2 fully saturated rings. The monoisotopic (exact) mass is 385 g/mol. The number of rotatable bonds is 3. The van der Waals surface area contributed by atoms with Crippen LogP contribution in [0.15, 0.2) is 18.2 Å². The van der Waals surface area contributed by atoms with Crippen LogP contribution in [0.2, 0.25) is 10.0 Å². The fourth-order valence-electron chi connectivity index (χ4n) is 3.07. The molecular weight excluding hydrogens is 365 g/mol. The number of nitrogens with zero attached hydrogens (tertiary/aromatic N) is 3. The van der Waals surface area contributed by atoms with E-state index in [1.54, 1.807) is 23.1 Å². The largest absolute Gasteiger partial charge is 0.379 e. The topological polar surface area (TPSA) is 53.1 Å². The van der Waals surface area contributed by atoms with Crippen LogP contribution in [0.4, 0.5) is 0 Å². The van der Waals surface area contributed by atoms with Crippen molar-refractivity contribution < 1.29 is 14.3 Å². The van der Waals surface area contributed by atoms with Crippen LogP contribution in [-0.2, 0) is 9.53 Å². The van der Waals surface area contributed by atoms with Crippen molar-refractivity contribution >= 4 is 35.0 Å². The molecule has 0 aliphatic carbocycles. The van der Waals surface area contributed by atoms with Crippen molar-refractivity contribution in [3.05, 3.63) is 33.8 Å². The van der Waals surface area contributed by atoms with Gasteiger partial charge in [-0.3, -0.25) is 14.5 Å². The molecule has 8 heteroatoms. The molecule has 6 nitrogen and oxygen atoms in total. The molecule has 0 saturated carbocycles. The molecule has 2 aliphatic rings. The minimum atomic E-state index is -0.107. The highest BCUT2D eigenvalue weighted by Gasteiger charge is 2.26. The zero-order valence-corrected chi connectivity index (χ0v) is 15.4. The van der Waals surface area contributed by atoms with Gasteiger partial charge < -0.3 is 14.5 Å². The molecule has 2 saturated heterocycles. The van der Waals surface area contributed by atoms with Crippen molar-refractivity contribution in [1.29, 1.82) is 0 Å². The van der Waals surface area contributed by atoms with E-state index in [-0.39, 0.29) is 11.8 Å². The Hall–Kier alpha value is -1.34. The first-order valence-corrected chi connectivity index (χ1v) is 9.12. The predicted molar refractivity (Wildman–Crippen MR) is 96.2 cm³/mol. The number of carbonyl (C=O) groups excluding carboxylic acids is 2. The van der Waals surface area contributed by atoms with Crippen LogP contribution in [0.1, 0.15) is 10.4 Å². The number of benzene rings is 1. The molecule has 1 aromatic rings. The fraction of sp³-hybridized carbons (Fsp3) is 0.529. The van der Waals surface area contributed by atoms with Crippen molar-refractivity contribution in [3.8, 4) is 0 Å². The van der Waals surface area contributed by atoms with E-state index in [0.717, 1.165) is 13.1 Å². The maximum absolute atomic E-state index is 12.6. The quantitative estimate of drug-likeness (QED) is 0.792. The molecule has 0 N–H and O–H groups in total. The number of carbonyl (C=O) groups is 2.